The first-order valence-electron chi connectivity index (χ1n) is 6.04. The highest BCUT2D eigenvalue weighted by molar-refractivity contribution is 9.10. The molecular formula is C14H18BrClFNO. The summed E-state index contributed by atoms with van der Waals surface area (Å²) in [5.74, 6) is -1.01. The molecule has 1 rings (SSSR count). The lowest BCUT2D eigenvalue weighted by atomic mass is 9.86. The number of carbonyl (C=O) groups is 1. The van der Waals surface area contributed by atoms with Crippen LogP contribution in [0.5, 0.6) is 0 Å². The molecule has 0 saturated heterocycles. The van der Waals surface area contributed by atoms with Crippen LogP contribution in [-0.2, 0) is 0 Å². The third-order valence-electron chi connectivity index (χ3n) is 2.66. The monoisotopic (exact) mass is 349 g/mol. The zero-order chi connectivity index (χ0) is 14.8. The first kappa shape index (κ1) is 16.6. The maximum absolute atomic E-state index is 13.9. The van der Waals surface area contributed by atoms with Crippen LogP contribution < -0.4 is 5.73 Å². The molecule has 0 aliphatic carbocycles. The van der Waals surface area contributed by atoms with Crippen LogP contribution >= 0.6 is 27.5 Å². The Morgan fingerprint density at radius 3 is 2.58 bits per heavy atom. The van der Waals surface area contributed by atoms with Gasteiger partial charge in [0, 0.05) is 16.9 Å². The van der Waals surface area contributed by atoms with Gasteiger partial charge in [-0.25, -0.2) is 4.39 Å². The SMILES string of the molecule is CC(C)(C)CC(N)CC(=O)c1ccc(Br)c(Cl)c1F. The Morgan fingerprint density at radius 2 is 2.05 bits per heavy atom. The predicted molar refractivity (Wildman–Crippen MR) is 80.1 cm³/mol. The molecule has 2 nitrogen and oxygen atoms in total. The molecule has 1 aromatic carbocycles. The van der Waals surface area contributed by atoms with Crippen molar-refractivity contribution in [3.63, 3.8) is 0 Å². The van der Waals surface area contributed by atoms with Gasteiger partial charge in [0.2, 0.25) is 0 Å². The molecule has 5 heteroatoms. The molecule has 0 aromatic heterocycles. The average Bonchev–Trinajstić information content (AvgIpc) is 2.23. The highest BCUT2D eigenvalue weighted by Crippen LogP contribution is 2.29. The average molecular weight is 351 g/mol. The van der Waals surface area contributed by atoms with Gasteiger partial charge in [-0.2, -0.15) is 0 Å². The van der Waals surface area contributed by atoms with E-state index in [1.165, 1.54) is 6.07 Å². The highest BCUT2D eigenvalue weighted by Gasteiger charge is 2.21. The van der Waals surface area contributed by atoms with Crippen LogP contribution in [0.2, 0.25) is 5.02 Å². The fourth-order valence-corrected chi connectivity index (χ4v) is 2.42. The molecule has 0 aliphatic heterocycles. The van der Waals surface area contributed by atoms with Gasteiger partial charge in [0.25, 0.3) is 0 Å². The summed E-state index contributed by atoms with van der Waals surface area (Å²) in [4.78, 5) is 12.0. The first-order chi connectivity index (χ1) is 8.61. The van der Waals surface area contributed by atoms with Crippen molar-refractivity contribution in [1.29, 1.82) is 0 Å². The summed E-state index contributed by atoms with van der Waals surface area (Å²) in [6.07, 6.45) is 0.816. The van der Waals surface area contributed by atoms with Crippen LogP contribution in [0, 0.1) is 11.2 Å². The van der Waals surface area contributed by atoms with E-state index in [9.17, 15) is 9.18 Å². The molecule has 1 atom stereocenters. The molecule has 0 fully saturated rings. The van der Waals surface area contributed by atoms with E-state index >= 15 is 0 Å². The van der Waals surface area contributed by atoms with Crippen molar-refractivity contribution in [3.8, 4) is 0 Å². The number of halogens is 3. The maximum Gasteiger partial charge on any atom is 0.167 e. The van der Waals surface area contributed by atoms with Gasteiger partial charge >= 0.3 is 0 Å². The van der Waals surface area contributed by atoms with Gasteiger partial charge in [0.1, 0.15) is 0 Å². The first-order valence-corrected chi connectivity index (χ1v) is 7.21. The molecule has 1 unspecified atom stereocenters. The lowest BCUT2D eigenvalue weighted by molar-refractivity contribution is 0.0964. The van der Waals surface area contributed by atoms with Gasteiger partial charge in [-0.3, -0.25) is 4.79 Å². The lowest BCUT2D eigenvalue weighted by Gasteiger charge is -2.22. The predicted octanol–water partition coefficient (Wildman–Crippen LogP) is 4.58. The largest absolute Gasteiger partial charge is 0.327 e. The zero-order valence-electron chi connectivity index (χ0n) is 11.3. The number of Topliss-reactive ketones (excluding diaryl/α,β-unsaturated/α-hetero) is 1. The summed E-state index contributed by atoms with van der Waals surface area (Å²) in [7, 11) is 0. The molecule has 0 heterocycles. The van der Waals surface area contributed by atoms with Gasteiger partial charge in [0.15, 0.2) is 11.6 Å². The normalized spacial score (nSPS) is 13.4. The van der Waals surface area contributed by atoms with Crippen LogP contribution in [-0.4, -0.2) is 11.8 Å². The number of benzene rings is 1. The van der Waals surface area contributed by atoms with Gasteiger partial charge in [-0.1, -0.05) is 32.4 Å². The van der Waals surface area contributed by atoms with E-state index in [1.807, 2.05) is 0 Å². The Kier molecular flexibility index (Phi) is 5.53. The Bertz CT molecular complexity index is 485. The van der Waals surface area contributed by atoms with Gasteiger partial charge in [-0.05, 0) is 39.9 Å². The Hall–Kier alpha value is -0.450. The molecular weight excluding hydrogens is 333 g/mol. The van der Waals surface area contributed by atoms with Crippen molar-refractivity contribution in [3.05, 3.63) is 33.0 Å². The topological polar surface area (TPSA) is 43.1 Å². The van der Waals surface area contributed by atoms with Crippen molar-refractivity contribution in [1.82, 2.24) is 0 Å². The standard InChI is InChI=1S/C14H18BrClFNO/c1-14(2,3)7-8(18)6-11(19)9-4-5-10(15)12(16)13(9)17/h4-5,8H,6-7,18H2,1-3H3. The van der Waals surface area contributed by atoms with E-state index in [0.29, 0.717) is 10.9 Å². The molecule has 2 N–H and O–H groups in total. The number of hydrogen-bond donors (Lipinski definition) is 1. The molecule has 0 spiro atoms. The fraction of sp³-hybridized carbons (Fsp3) is 0.500. The fourth-order valence-electron chi connectivity index (χ4n) is 1.95. The van der Waals surface area contributed by atoms with Crippen LogP contribution in [0.1, 0.15) is 44.0 Å². The molecule has 0 amide bonds. The third-order valence-corrected chi connectivity index (χ3v) is 3.92. The summed E-state index contributed by atoms with van der Waals surface area (Å²) in [5.41, 5.74) is 5.97. The van der Waals surface area contributed by atoms with E-state index in [0.717, 1.165) is 0 Å². The van der Waals surface area contributed by atoms with E-state index in [-0.39, 0.29) is 34.2 Å². The van der Waals surface area contributed by atoms with E-state index in [1.54, 1.807) is 6.07 Å². The van der Waals surface area contributed by atoms with Crippen molar-refractivity contribution in [2.75, 3.05) is 0 Å². The second-order valence-corrected chi connectivity index (χ2v) is 7.11. The van der Waals surface area contributed by atoms with Crippen LogP contribution in [0.4, 0.5) is 4.39 Å². The second kappa shape index (κ2) is 6.33. The molecule has 0 radical (unpaired) electrons. The smallest absolute Gasteiger partial charge is 0.167 e. The third kappa shape index (κ3) is 4.86. The van der Waals surface area contributed by atoms with E-state index < -0.39 is 5.82 Å². The summed E-state index contributed by atoms with van der Waals surface area (Å²) in [6.45, 7) is 6.15. The lowest BCUT2D eigenvalue weighted by Crippen LogP contribution is -2.29. The number of nitrogens with two attached hydrogens (primary N) is 1. The summed E-state index contributed by atoms with van der Waals surface area (Å²) in [5, 5.41) is -0.0738. The van der Waals surface area contributed by atoms with E-state index in [4.69, 9.17) is 17.3 Å². The molecule has 0 saturated carbocycles. The van der Waals surface area contributed by atoms with Crippen molar-refractivity contribution in [2.45, 2.75) is 39.7 Å². The second-order valence-electron chi connectivity index (χ2n) is 5.88. The summed E-state index contributed by atoms with van der Waals surface area (Å²) in [6, 6.07) is 2.71. The molecule has 0 bridgehead atoms. The maximum atomic E-state index is 13.9. The minimum Gasteiger partial charge on any atom is -0.327 e. The van der Waals surface area contributed by atoms with Crippen LogP contribution in [0.3, 0.4) is 0 Å². The quantitative estimate of drug-likeness (QED) is 0.638. The highest BCUT2D eigenvalue weighted by atomic mass is 79.9. The summed E-state index contributed by atoms with van der Waals surface area (Å²) < 4.78 is 14.3. The Morgan fingerprint density at radius 1 is 1.47 bits per heavy atom. The number of ketones is 1. The van der Waals surface area contributed by atoms with Crippen LogP contribution in [0.25, 0.3) is 0 Å². The van der Waals surface area contributed by atoms with Gasteiger partial charge < -0.3 is 5.73 Å². The van der Waals surface area contributed by atoms with Crippen molar-refractivity contribution in [2.24, 2.45) is 11.1 Å². The Labute approximate surface area is 126 Å². The van der Waals surface area contributed by atoms with Crippen molar-refractivity contribution >= 4 is 33.3 Å². The minimum atomic E-state index is -0.691. The zero-order valence-corrected chi connectivity index (χ0v) is 13.6. The summed E-state index contributed by atoms with van der Waals surface area (Å²) >= 11 is 8.88. The van der Waals surface area contributed by atoms with Crippen LogP contribution in [0.15, 0.2) is 16.6 Å². The molecule has 1 aromatic rings. The van der Waals surface area contributed by atoms with Crippen molar-refractivity contribution < 1.29 is 9.18 Å². The Balaban J connectivity index is 2.82. The minimum absolute atomic E-state index is 0.00226. The van der Waals surface area contributed by atoms with E-state index in [2.05, 4.69) is 36.7 Å². The molecule has 106 valence electrons. The molecule has 19 heavy (non-hydrogen) atoms. The molecule has 0 aliphatic rings. The van der Waals surface area contributed by atoms with Gasteiger partial charge in [-0.15, -0.1) is 0 Å². The number of hydrogen-bond acceptors (Lipinski definition) is 2. The number of rotatable bonds is 4. The number of carbonyl (C=O) groups excluding carboxylic acids is 1. The van der Waals surface area contributed by atoms with Gasteiger partial charge in [0.05, 0.1) is 10.6 Å².